The van der Waals surface area contributed by atoms with Crippen LogP contribution in [0, 0.1) is 0 Å². The molecule has 0 aliphatic rings. The lowest BCUT2D eigenvalue weighted by Gasteiger charge is -2.28. The molecule has 1 aromatic heterocycles. The zero-order chi connectivity index (χ0) is 15.0. The number of rotatable bonds is 4. The maximum Gasteiger partial charge on any atom is 0.154 e. The highest BCUT2D eigenvalue weighted by molar-refractivity contribution is 7.92. The standard InChI is InChI=1S/C14H19N3O2S/c1-14(2,20(3,18)19)13(15)11-9-16-17(10-11)12-7-5-4-6-8-12/h4-10,13H,15H2,1-3H3. The summed E-state index contributed by atoms with van der Waals surface area (Å²) in [5, 5.41) is 4.24. The lowest BCUT2D eigenvalue weighted by Crippen LogP contribution is -2.42. The Balaban J connectivity index is 2.35. The van der Waals surface area contributed by atoms with Crippen LogP contribution in [0.4, 0.5) is 0 Å². The Bertz CT molecular complexity index is 690. The van der Waals surface area contributed by atoms with Crippen LogP contribution < -0.4 is 5.73 Å². The highest BCUT2D eigenvalue weighted by Gasteiger charge is 2.38. The van der Waals surface area contributed by atoms with E-state index in [4.69, 9.17) is 5.73 Å². The van der Waals surface area contributed by atoms with Crippen LogP contribution in [0.3, 0.4) is 0 Å². The molecular formula is C14H19N3O2S. The molecule has 2 aromatic rings. The van der Waals surface area contributed by atoms with Gasteiger partial charge in [-0.1, -0.05) is 18.2 Å². The molecule has 1 atom stereocenters. The zero-order valence-electron chi connectivity index (χ0n) is 11.8. The quantitative estimate of drug-likeness (QED) is 0.930. The number of aromatic nitrogens is 2. The summed E-state index contributed by atoms with van der Waals surface area (Å²) in [6.45, 7) is 3.26. The molecule has 1 unspecified atom stereocenters. The Hall–Kier alpha value is -1.66. The molecule has 108 valence electrons. The second-order valence-corrected chi connectivity index (χ2v) is 8.00. The fraction of sp³-hybridized carbons (Fsp3) is 0.357. The molecule has 20 heavy (non-hydrogen) atoms. The first-order valence-corrected chi connectivity index (χ1v) is 8.18. The van der Waals surface area contributed by atoms with Crippen molar-refractivity contribution in [2.45, 2.75) is 24.6 Å². The summed E-state index contributed by atoms with van der Waals surface area (Å²) < 4.78 is 24.3. The van der Waals surface area contributed by atoms with Gasteiger partial charge in [-0.05, 0) is 26.0 Å². The highest BCUT2D eigenvalue weighted by atomic mass is 32.2. The first-order valence-electron chi connectivity index (χ1n) is 6.28. The van der Waals surface area contributed by atoms with Gasteiger partial charge in [0.1, 0.15) is 0 Å². The van der Waals surface area contributed by atoms with Crippen LogP contribution in [0.1, 0.15) is 25.5 Å². The number of nitrogens with two attached hydrogens (primary N) is 1. The van der Waals surface area contributed by atoms with Gasteiger partial charge in [0.2, 0.25) is 0 Å². The molecule has 0 spiro atoms. The maximum absolute atomic E-state index is 11.8. The van der Waals surface area contributed by atoms with E-state index in [1.54, 1.807) is 30.9 Å². The van der Waals surface area contributed by atoms with E-state index in [0.29, 0.717) is 5.56 Å². The number of sulfone groups is 1. The third kappa shape index (κ3) is 2.62. The van der Waals surface area contributed by atoms with Gasteiger partial charge in [-0.25, -0.2) is 13.1 Å². The monoisotopic (exact) mass is 293 g/mol. The summed E-state index contributed by atoms with van der Waals surface area (Å²) in [5.74, 6) is 0. The van der Waals surface area contributed by atoms with Gasteiger partial charge in [0.25, 0.3) is 0 Å². The number of para-hydroxylation sites is 1. The molecule has 0 fully saturated rings. The molecule has 5 nitrogen and oxygen atoms in total. The Morgan fingerprint density at radius 1 is 1.25 bits per heavy atom. The number of hydrogen-bond donors (Lipinski definition) is 1. The topological polar surface area (TPSA) is 78.0 Å². The van der Waals surface area contributed by atoms with Crippen molar-refractivity contribution in [2.75, 3.05) is 6.26 Å². The van der Waals surface area contributed by atoms with Crippen LogP contribution in [0.5, 0.6) is 0 Å². The van der Waals surface area contributed by atoms with E-state index in [0.717, 1.165) is 5.69 Å². The van der Waals surface area contributed by atoms with Gasteiger partial charge >= 0.3 is 0 Å². The lowest BCUT2D eigenvalue weighted by molar-refractivity contribution is 0.496. The van der Waals surface area contributed by atoms with Crippen LogP contribution in [0.25, 0.3) is 5.69 Å². The van der Waals surface area contributed by atoms with Gasteiger partial charge in [0.05, 0.1) is 22.7 Å². The van der Waals surface area contributed by atoms with Crippen molar-refractivity contribution in [3.8, 4) is 5.69 Å². The van der Waals surface area contributed by atoms with E-state index >= 15 is 0 Å². The molecule has 1 aromatic carbocycles. The summed E-state index contributed by atoms with van der Waals surface area (Å²) in [5.41, 5.74) is 7.72. The van der Waals surface area contributed by atoms with Gasteiger partial charge < -0.3 is 5.73 Å². The summed E-state index contributed by atoms with van der Waals surface area (Å²) >= 11 is 0. The number of hydrogen-bond acceptors (Lipinski definition) is 4. The molecule has 2 rings (SSSR count). The summed E-state index contributed by atoms with van der Waals surface area (Å²) in [7, 11) is -3.27. The van der Waals surface area contributed by atoms with Crippen molar-refractivity contribution in [1.82, 2.24) is 9.78 Å². The maximum atomic E-state index is 11.8. The predicted molar refractivity (Wildman–Crippen MR) is 79.4 cm³/mol. The van der Waals surface area contributed by atoms with Gasteiger partial charge in [-0.15, -0.1) is 0 Å². The summed E-state index contributed by atoms with van der Waals surface area (Å²) in [6.07, 6.45) is 4.59. The molecule has 0 saturated heterocycles. The van der Waals surface area contributed by atoms with Crippen LogP contribution in [0.15, 0.2) is 42.7 Å². The molecule has 2 N–H and O–H groups in total. The van der Waals surface area contributed by atoms with Gasteiger partial charge in [-0.3, -0.25) is 0 Å². The van der Waals surface area contributed by atoms with Gasteiger partial charge in [0.15, 0.2) is 9.84 Å². The second-order valence-electron chi connectivity index (χ2n) is 5.41. The molecule has 1 heterocycles. The molecule has 0 bridgehead atoms. The summed E-state index contributed by atoms with van der Waals surface area (Å²) in [6, 6.07) is 8.96. The van der Waals surface area contributed by atoms with E-state index in [1.807, 2.05) is 30.3 Å². The van der Waals surface area contributed by atoms with Crippen molar-refractivity contribution in [1.29, 1.82) is 0 Å². The third-order valence-corrected chi connectivity index (χ3v) is 5.85. The van der Waals surface area contributed by atoms with Crippen molar-refractivity contribution in [3.05, 3.63) is 48.3 Å². The third-order valence-electron chi connectivity index (χ3n) is 3.69. The number of nitrogens with zero attached hydrogens (tertiary/aromatic N) is 2. The van der Waals surface area contributed by atoms with E-state index in [9.17, 15) is 8.42 Å². The van der Waals surface area contributed by atoms with Gasteiger partial charge in [0, 0.05) is 18.0 Å². The van der Waals surface area contributed by atoms with E-state index in [2.05, 4.69) is 5.10 Å². The van der Waals surface area contributed by atoms with Crippen molar-refractivity contribution in [3.63, 3.8) is 0 Å². The van der Waals surface area contributed by atoms with E-state index in [1.165, 1.54) is 6.26 Å². The first-order chi connectivity index (χ1) is 9.23. The minimum atomic E-state index is -3.27. The average molecular weight is 293 g/mol. The first kappa shape index (κ1) is 14.7. The molecule has 0 aliphatic carbocycles. The minimum absolute atomic E-state index is 0.630. The summed E-state index contributed by atoms with van der Waals surface area (Å²) in [4.78, 5) is 0. The molecular weight excluding hydrogens is 274 g/mol. The Morgan fingerprint density at radius 2 is 1.85 bits per heavy atom. The molecule has 0 aliphatic heterocycles. The SMILES string of the molecule is CC(C)(C(N)c1cnn(-c2ccccc2)c1)S(C)(=O)=O. The highest BCUT2D eigenvalue weighted by Crippen LogP contribution is 2.30. The fourth-order valence-corrected chi connectivity index (χ4v) is 2.45. The Kier molecular flexibility index (Phi) is 3.71. The zero-order valence-corrected chi connectivity index (χ0v) is 12.6. The fourth-order valence-electron chi connectivity index (χ4n) is 1.85. The van der Waals surface area contributed by atoms with Crippen LogP contribution in [0.2, 0.25) is 0 Å². The van der Waals surface area contributed by atoms with Gasteiger partial charge in [-0.2, -0.15) is 5.10 Å². The minimum Gasteiger partial charge on any atom is -0.323 e. The van der Waals surface area contributed by atoms with Crippen molar-refractivity contribution >= 4 is 9.84 Å². The molecule has 0 radical (unpaired) electrons. The van der Waals surface area contributed by atoms with Crippen LogP contribution in [-0.4, -0.2) is 29.2 Å². The largest absolute Gasteiger partial charge is 0.323 e. The smallest absolute Gasteiger partial charge is 0.154 e. The average Bonchev–Trinajstić information content (AvgIpc) is 2.87. The van der Waals surface area contributed by atoms with E-state index < -0.39 is 20.6 Å². The van der Waals surface area contributed by atoms with Crippen LogP contribution >= 0.6 is 0 Å². The second kappa shape index (κ2) is 5.03. The Morgan fingerprint density at radius 3 is 2.40 bits per heavy atom. The van der Waals surface area contributed by atoms with Crippen LogP contribution in [-0.2, 0) is 9.84 Å². The Labute approximate surface area is 119 Å². The van der Waals surface area contributed by atoms with E-state index in [-0.39, 0.29) is 0 Å². The van der Waals surface area contributed by atoms with Crippen molar-refractivity contribution < 1.29 is 8.42 Å². The van der Waals surface area contributed by atoms with Crippen molar-refractivity contribution in [2.24, 2.45) is 5.73 Å². The number of benzene rings is 1. The molecule has 6 heteroatoms. The normalized spacial score (nSPS) is 14.2. The molecule has 0 amide bonds. The predicted octanol–water partition coefficient (Wildman–Crippen LogP) is 1.70. The molecule has 0 saturated carbocycles. The lowest BCUT2D eigenvalue weighted by atomic mass is 9.99.